The minimum absolute atomic E-state index is 0.252. The van der Waals surface area contributed by atoms with E-state index in [0.29, 0.717) is 22.3 Å². The largest absolute Gasteiger partial charge is 0.378 e. The lowest BCUT2D eigenvalue weighted by molar-refractivity contribution is 0.0954. The highest BCUT2D eigenvalue weighted by Gasteiger charge is 2.13. The summed E-state index contributed by atoms with van der Waals surface area (Å²) in [5, 5.41) is 2.85. The van der Waals surface area contributed by atoms with Crippen LogP contribution in [-0.4, -0.2) is 36.5 Å². The number of fused-ring (bicyclic) bond motifs is 1. The van der Waals surface area contributed by atoms with E-state index in [0.717, 1.165) is 18.5 Å². The molecule has 0 fully saturated rings. The first-order chi connectivity index (χ1) is 12.4. The number of hydrogen-bond donors (Lipinski definition) is 3. The summed E-state index contributed by atoms with van der Waals surface area (Å²) in [4.78, 5) is 20.2. The molecule has 0 bridgehead atoms. The van der Waals surface area contributed by atoms with Gasteiger partial charge in [0.1, 0.15) is 5.82 Å². The van der Waals surface area contributed by atoms with E-state index in [4.69, 9.17) is 12.2 Å². The molecule has 0 aliphatic carbocycles. The van der Waals surface area contributed by atoms with Gasteiger partial charge in [0.2, 0.25) is 0 Å². The summed E-state index contributed by atoms with van der Waals surface area (Å²) in [6.45, 7) is 0.511. The summed E-state index contributed by atoms with van der Waals surface area (Å²) in [5.74, 6) is -0.795. The maximum absolute atomic E-state index is 13.7. The van der Waals surface area contributed by atoms with Crippen LogP contribution in [0.3, 0.4) is 0 Å². The number of aromatic amines is 2. The summed E-state index contributed by atoms with van der Waals surface area (Å²) in [7, 11) is 4.01. The molecule has 0 atom stereocenters. The number of aryl methyl sites for hydroxylation is 1. The van der Waals surface area contributed by atoms with Gasteiger partial charge in [-0.1, -0.05) is 12.1 Å². The predicted octanol–water partition coefficient (Wildman–Crippen LogP) is 3.79. The van der Waals surface area contributed by atoms with Gasteiger partial charge in [-0.15, -0.1) is 0 Å². The Hall–Kier alpha value is -2.67. The van der Waals surface area contributed by atoms with E-state index < -0.39 is 5.82 Å². The molecule has 0 saturated heterocycles. The number of nitrogens with one attached hydrogen (secondary N) is 3. The summed E-state index contributed by atoms with van der Waals surface area (Å²) in [6, 6.07) is 10.9. The van der Waals surface area contributed by atoms with Gasteiger partial charge in [0.05, 0.1) is 16.6 Å². The van der Waals surface area contributed by atoms with Crippen LogP contribution in [0.5, 0.6) is 0 Å². The van der Waals surface area contributed by atoms with Gasteiger partial charge in [-0.05, 0) is 54.9 Å². The number of anilines is 1. The maximum Gasteiger partial charge on any atom is 0.253 e. The molecule has 0 spiro atoms. The van der Waals surface area contributed by atoms with Crippen molar-refractivity contribution in [1.29, 1.82) is 0 Å². The van der Waals surface area contributed by atoms with Crippen molar-refractivity contribution in [3.63, 3.8) is 0 Å². The molecule has 26 heavy (non-hydrogen) atoms. The van der Waals surface area contributed by atoms with E-state index in [1.54, 1.807) is 0 Å². The third-order valence-electron chi connectivity index (χ3n) is 4.22. The van der Waals surface area contributed by atoms with Crippen LogP contribution in [0.25, 0.3) is 11.0 Å². The zero-order chi connectivity index (χ0) is 18.7. The van der Waals surface area contributed by atoms with Crippen molar-refractivity contribution >= 4 is 34.8 Å². The molecule has 0 unspecified atom stereocenters. The zero-order valence-corrected chi connectivity index (χ0v) is 15.5. The summed E-state index contributed by atoms with van der Waals surface area (Å²) < 4.78 is 14.1. The lowest BCUT2D eigenvalue weighted by atomic mass is 10.1. The lowest BCUT2D eigenvalue weighted by Gasteiger charge is -2.12. The molecule has 3 rings (SSSR count). The normalized spacial score (nSPS) is 10.9. The van der Waals surface area contributed by atoms with E-state index in [1.165, 1.54) is 17.7 Å². The lowest BCUT2D eigenvalue weighted by Crippen LogP contribution is -2.25. The molecule has 2 aromatic carbocycles. The van der Waals surface area contributed by atoms with Crippen LogP contribution in [0.15, 0.2) is 36.4 Å². The SMILES string of the molecule is CN(C)c1ccc(CCCNC(=O)c2cc(F)cc3[nH]c(=S)[nH]c23)cc1. The molecule has 0 aliphatic rings. The highest BCUT2D eigenvalue weighted by molar-refractivity contribution is 7.71. The Balaban J connectivity index is 1.58. The minimum Gasteiger partial charge on any atom is -0.378 e. The van der Waals surface area contributed by atoms with Crippen molar-refractivity contribution in [2.24, 2.45) is 0 Å². The second-order valence-electron chi connectivity index (χ2n) is 6.38. The fourth-order valence-electron chi connectivity index (χ4n) is 2.84. The number of imidazole rings is 1. The van der Waals surface area contributed by atoms with Crippen molar-refractivity contribution in [3.05, 3.63) is 58.1 Å². The van der Waals surface area contributed by atoms with E-state index in [1.807, 2.05) is 14.1 Å². The highest BCUT2D eigenvalue weighted by atomic mass is 32.1. The topological polar surface area (TPSA) is 63.9 Å². The number of carbonyl (C=O) groups is 1. The van der Waals surface area contributed by atoms with Crippen LogP contribution in [0.4, 0.5) is 10.1 Å². The number of hydrogen-bond acceptors (Lipinski definition) is 3. The van der Waals surface area contributed by atoms with Crippen molar-refractivity contribution < 1.29 is 9.18 Å². The molecule has 5 nitrogen and oxygen atoms in total. The third kappa shape index (κ3) is 4.11. The first-order valence-electron chi connectivity index (χ1n) is 8.40. The second kappa shape index (κ2) is 7.70. The fourth-order valence-corrected chi connectivity index (χ4v) is 3.05. The predicted molar refractivity (Wildman–Crippen MR) is 105 cm³/mol. The van der Waals surface area contributed by atoms with Crippen molar-refractivity contribution in [2.75, 3.05) is 25.5 Å². The van der Waals surface area contributed by atoms with E-state index in [2.05, 4.69) is 44.5 Å². The standard InChI is InChI=1S/C19H21FN4OS/c1-24(2)14-7-5-12(6-8-14)4-3-9-21-18(25)15-10-13(20)11-16-17(15)23-19(26)22-16/h5-8,10-11H,3-4,9H2,1-2H3,(H,21,25)(H2,22,23,26). The van der Waals surface area contributed by atoms with Gasteiger partial charge < -0.3 is 20.2 Å². The van der Waals surface area contributed by atoms with Crippen molar-refractivity contribution in [3.8, 4) is 0 Å². The zero-order valence-electron chi connectivity index (χ0n) is 14.7. The number of halogens is 1. The Kier molecular flexibility index (Phi) is 5.37. The van der Waals surface area contributed by atoms with Crippen LogP contribution in [0.2, 0.25) is 0 Å². The van der Waals surface area contributed by atoms with E-state index >= 15 is 0 Å². The summed E-state index contributed by atoms with van der Waals surface area (Å²) in [6.07, 6.45) is 1.66. The van der Waals surface area contributed by atoms with E-state index in [9.17, 15) is 9.18 Å². The van der Waals surface area contributed by atoms with Gasteiger partial charge in [0.15, 0.2) is 4.77 Å². The van der Waals surface area contributed by atoms with Crippen LogP contribution < -0.4 is 10.2 Å². The summed E-state index contributed by atoms with van der Waals surface area (Å²) >= 11 is 5.02. The molecule has 0 saturated carbocycles. The summed E-state index contributed by atoms with van der Waals surface area (Å²) in [5.41, 5.74) is 3.63. The number of rotatable bonds is 6. The molecule has 1 aromatic heterocycles. The number of nitrogens with zero attached hydrogens (tertiary/aromatic N) is 1. The molecular weight excluding hydrogens is 351 g/mol. The fraction of sp³-hybridized carbons (Fsp3) is 0.263. The van der Waals surface area contributed by atoms with Gasteiger partial charge >= 0.3 is 0 Å². The number of amides is 1. The molecule has 136 valence electrons. The molecule has 1 amide bonds. The van der Waals surface area contributed by atoms with Crippen LogP contribution in [0.1, 0.15) is 22.3 Å². The van der Waals surface area contributed by atoms with Gasteiger partial charge in [-0.25, -0.2) is 4.39 Å². The monoisotopic (exact) mass is 372 g/mol. The first-order valence-corrected chi connectivity index (χ1v) is 8.81. The quantitative estimate of drug-likeness (QED) is 0.456. The molecular formula is C19H21FN4OS. The molecule has 3 N–H and O–H groups in total. The maximum atomic E-state index is 13.7. The molecule has 3 aromatic rings. The smallest absolute Gasteiger partial charge is 0.253 e. The Morgan fingerprint density at radius 2 is 1.92 bits per heavy atom. The molecule has 7 heteroatoms. The molecule has 0 aliphatic heterocycles. The average Bonchev–Trinajstić information content (AvgIpc) is 2.98. The molecule has 0 radical (unpaired) electrons. The molecule has 1 heterocycles. The van der Waals surface area contributed by atoms with Gasteiger partial charge in [-0.2, -0.15) is 0 Å². The van der Waals surface area contributed by atoms with Gasteiger partial charge in [0.25, 0.3) is 5.91 Å². The van der Waals surface area contributed by atoms with Crippen molar-refractivity contribution in [2.45, 2.75) is 12.8 Å². The Labute approximate surface area is 156 Å². The van der Waals surface area contributed by atoms with Crippen molar-refractivity contribution in [1.82, 2.24) is 15.3 Å². The minimum atomic E-state index is -0.478. The Morgan fingerprint density at radius 1 is 1.19 bits per heavy atom. The number of aromatic nitrogens is 2. The van der Waals surface area contributed by atoms with Gasteiger partial charge in [0, 0.05) is 26.3 Å². The Bertz CT molecular complexity index is 975. The van der Waals surface area contributed by atoms with Crippen LogP contribution >= 0.6 is 12.2 Å². The highest BCUT2D eigenvalue weighted by Crippen LogP contribution is 2.18. The number of benzene rings is 2. The average molecular weight is 372 g/mol. The number of H-pyrrole nitrogens is 2. The third-order valence-corrected chi connectivity index (χ3v) is 4.42. The van der Waals surface area contributed by atoms with Gasteiger partial charge in [-0.3, -0.25) is 4.79 Å². The Morgan fingerprint density at radius 3 is 2.62 bits per heavy atom. The van der Waals surface area contributed by atoms with Crippen LogP contribution in [-0.2, 0) is 6.42 Å². The van der Waals surface area contributed by atoms with Crippen LogP contribution in [0, 0.1) is 10.6 Å². The first kappa shape index (κ1) is 18.1. The van der Waals surface area contributed by atoms with E-state index in [-0.39, 0.29) is 11.5 Å². The number of carbonyl (C=O) groups excluding carboxylic acids is 1. The second-order valence-corrected chi connectivity index (χ2v) is 6.78.